The number of carbonyl (C=O) groups excluding carboxylic acids is 2. The van der Waals surface area contributed by atoms with Crippen molar-refractivity contribution in [2.45, 2.75) is 97.1 Å². The van der Waals surface area contributed by atoms with Crippen molar-refractivity contribution in [2.75, 3.05) is 13.7 Å². The Kier molecular flexibility index (Phi) is 11.0. The smallest absolute Gasteiger partial charge is 0.187 e. The van der Waals surface area contributed by atoms with Crippen LogP contribution in [0.3, 0.4) is 0 Å². The van der Waals surface area contributed by atoms with Crippen LogP contribution in [0.2, 0.25) is 5.02 Å². The first-order valence-corrected chi connectivity index (χ1v) is 14.3. The first kappa shape index (κ1) is 33.5. The van der Waals surface area contributed by atoms with Gasteiger partial charge in [-0.05, 0) is 55.6 Å². The lowest BCUT2D eigenvalue weighted by atomic mass is 9.59. The van der Waals surface area contributed by atoms with E-state index in [1.165, 1.54) is 14.0 Å². The fraction of sp³-hybridized carbons (Fsp3) is 0.667. The quantitative estimate of drug-likeness (QED) is 0.199. The number of phenols is 2. The molecule has 9 atom stereocenters. The molecule has 1 saturated heterocycles. The lowest BCUT2D eigenvalue weighted by molar-refractivity contribution is -0.313. The lowest BCUT2D eigenvalue weighted by Gasteiger charge is -2.47. The van der Waals surface area contributed by atoms with Gasteiger partial charge >= 0.3 is 0 Å². The summed E-state index contributed by atoms with van der Waals surface area (Å²) >= 11 is 6.22. The highest BCUT2D eigenvalue weighted by Gasteiger charge is 2.49. The molecule has 3 rings (SSSR count). The summed E-state index contributed by atoms with van der Waals surface area (Å²) in [6, 6.07) is 0. The molecule has 41 heavy (non-hydrogen) atoms. The average Bonchev–Trinajstić information content (AvgIpc) is 2.95. The van der Waals surface area contributed by atoms with Crippen LogP contribution in [0.5, 0.6) is 11.5 Å². The number of halogens is 1. The number of aliphatic hydroxyl groups is 3. The van der Waals surface area contributed by atoms with Crippen LogP contribution in [0.15, 0.2) is 11.6 Å². The Morgan fingerprint density at radius 3 is 2.46 bits per heavy atom. The third kappa shape index (κ3) is 6.49. The van der Waals surface area contributed by atoms with Gasteiger partial charge in [-0.25, -0.2) is 0 Å². The zero-order valence-corrected chi connectivity index (χ0v) is 25.2. The second-order valence-corrected chi connectivity index (χ2v) is 12.0. The van der Waals surface area contributed by atoms with E-state index in [0.717, 1.165) is 6.42 Å². The maximum atomic E-state index is 12.8. The van der Waals surface area contributed by atoms with E-state index < -0.39 is 48.8 Å². The highest BCUT2D eigenvalue weighted by molar-refractivity contribution is 6.33. The minimum Gasteiger partial charge on any atom is -0.507 e. The molecular weight excluding hydrogens is 556 g/mol. The number of phenolic OH excluding ortho intramolecular Hbond substituents is 2. The number of hydrogen-bond donors (Lipinski definition) is 5. The fourth-order valence-electron chi connectivity index (χ4n) is 6.02. The van der Waals surface area contributed by atoms with Crippen LogP contribution in [-0.2, 0) is 25.4 Å². The van der Waals surface area contributed by atoms with E-state index in [0.29, 0.717) is 24.7 Å². The number of benzene rings is 1. The van der Waals surface area contributed by atoms with Crippen molar-refractivity contribution in [3.63, 3.8) is 0 Å². The molecule has 2 aliphatic rings. The molecule has 0 spiro atoms. The number of carbonyl (C=O) groups is 2. The summed E-state index contributed by atoms with van der Waals surface area (Å²) in [7, 11) is 1.34. The molecule has 0 unspecified atom stereocenters. The summed E-state index contributed by atoms with van der Waals surface area (Å²) in [5.41, 5.74) is 0.449. The molecule has 230 valence electrons. The van der Waals surface area contributed by atoms with E-state index in [2.05, 4.69) is 6.92 Å². The number of aromatic hydroxyl groups is 2. The van der Waals surface area contributed by atoms with Gasteiger partial charge in [-0.2, -0.15) is 0 Å². The lowest BCUT2D eigenvalue weighted by Crippen LogP contribution is -2.60. The predicted molar refractivity (Wildman–Crippen MR) is 151 cm³/mol. The molecule has 1 saturated carbocycles. The number of hydrogen-bond acceptors (Lipinski definition) is 10. The van der Waals surface area contributed by atoms with Crippen LogP contribution in [0, 0.1) is 24.2 Å². The van der Waals surface area contributed by atoms with Gasteiger partial charge in [0.1, 0.15) is 41.7 Å². The Morgan fingerprint density at radius 2 is 1.88 bits per heavy atom. The summed E-state index contributed by atoms with van der Waals surface area (Å²) in [6.07, 6.45) is -3.13. The van der Waals surface area contributed by atoms with Crippen molar-refractivity contribution >= 4 is 23.7 Å². The van der Waals surface area contributed by atoms with Gasteiger partial charge in [0.2, 0.25) is 0 Å². The van der Waals surface area contributed by atoms with Gasteiger partial charge in [-0.15, -0.1) is 0 Å². The summed E-state index contributed by atoms with van der Waals surface area (Å²) in [5, 5.41) is 52.6. The summed E-state index contributed by atoms with van der Waals surface area (Å²) in [5.74, 6) is -0.664. The number of rotatable bonds is 10. The molecule has 1 heterocycles. The second-order valence-electron chi connectivity index (χ2n) is 11.7. The number of ether oxygens (including phenoxy) is 3. The minimum absolute atomic E-state index is 0.00727. The van der Waals surface area contributed by atoms with Crippen LogP contribution in [0.1, 0.15) is 68.4 Å². The van der Waals surface area contributed by atoms with Gasteiger partial charge in [-0.3, -0.25) is 9.59 Å². The Morgan fingerprint density at radius 1 is 1.22 bits per heavy atom. The molecule has 11 heteroatoms. The fourth-order valence-corrected chi connectivity index (χ4v) is 6.24. The molecule has 1 aliphatic heterocycles. The Labute approximate surface area is 245 Å². The highest BCUT2D eigenvalue weighted by Crippen LogP contribution is 2.48. The second kappa shape index (κ2) is 13.5. The van der Waals surface area contributed by atoms with E-state index in [1.54, 1.807) is 13.0 Å². The summed E-state index contributed by atoms with van der Waals surface area (Å²) in [6.45, 7) is 8.83. The SMILES string of the molecule is CO[C@H]1[C@H](O)[C@H](O)[C@H](O[C@H](C[C@@]2(C)[C@H](C)CCC(=O)[C@@H]2C)/C(C)=C/Cc2c(O)c(Cl)c(C)c(C=O)c2O)O[C@@H]1CO. The first-order chi connectivity index (χ1) is 19.2. The molecule has 0 amide bonds. The molecule has 0 bridgehead atoms. The van der Waals surface area contributed by atoms with E-state index in [-0.39, 0.29) is 57.3 Å². The first-order valence-electron chi connectivity index (χ1n) is 13.9. The number of aldehydes is 1. The number of ketones is 1. The van der Waals surface area contributed by atoms with Crippen molar-refractivity contribution in [1.82, 2.24) is 0 Å². The molecule has 1 aliphatic carbocycles. The Hall–Kier alpha value is -2.05. The van der Waals surface area contributed by atoms with Crippen LogP contribution in [-0.4, -0.2) is 88.1 Å². The van der Waals surface area contributed by atoms with Gasteiger partial charge in [0, 0.05) is 25.0 Å². The van der Waals surface area contributed by atoms with E-state index in [1.807, 2.05) is 13.8 Å². The van der Waals surface area contributed by atoms with E-state index in [4.69, 9.17) is 25.8 Å². The third-order valence-corrected chi connectivity index (χ3v) is 9.92. The summed E-state index contributed by atoms with van der Waals surface area (Å²) in [4.78, 5) is 24.3. The third-order valence-electron chi connectivity index (χ3n) is 9.46. The normalized spacial score (nSPS) is 33.6. The molecule has 0 radical (unpaired) electrons. The molecule has 1 aromatic rings. The van der Waals surface area contributed by atoms with Gasteiger partial charge in [0.15, 0.2) is 12.6 Å². The van der Waals surface area contributed by atoms with Gasteiger partial charge < -0.3 is 39.7 Å². The number of methoxy groups -OCH3 is 1. The van der Waals surface area contributed by atoms with Crippen LogP contribution in [0.25, 0.3) is 0 Å². The zero-order valence-electron chi connectivity index (χ0n) is 24.5. The van der Waals surface area contributed by atoms with Crippen LogP contribution in [0.4, 0.5) is 0 Å². The molecule has 2 fully saturated rings. The molecular formula is C30H43ClO10. The monoisotopic (exact) mass is 598 g/mol. The summed E-state index contributed by atoms with van der Waals surface area (Å²) < 4.78 is 17.4. The molecule has 0 aromatic heterocycles. The number of Topliss-reactive ketones (excluding diaryl/α,β-unsaturated/α-hetero) is 1. The predicted octanol–water partition coefficient (Wildman–Crippen LogP) is 3.23. The molecule has 1 aromatic carbocycles. The Bertz CT molecular complexity index is 1150. The maximum absolute atomic E-state index is 12.8. The number of aliphatic hydroxyl groups excluding tert-OH is 3. The van der Waals surface area contributed by atoms with Gasteiger partial charge in [0.25, 0.3) is 0 Å². The van der Waals surface area contributed by atoms with E-state index >= 15 is 0 Å². The minimum atomic E-state index is -1.49. The topological polar surface area (TPSA) is 163 Å². The Balaban J connectivity index is 2.00. The van der Waals surface area contributed by atoms with Crippen molar-refractivity contribution in [3.05, 3.63) is 33.4 Å². The molecule has 5 N–H and O–H groups in total. The largest absolute Gasteiger partial charge is 0.507 e. The van der Waals surface area contributed by atoms with Crippen LogP contribution >= 0.6 is 11.6 Å². The van der Waals surface area contributed by atoms with Crippen molar-refractivity contribution in [2.24, 2.45) is 17.3 Å². The highest BCUT2D eigenvalue weighted by atomic mass is 35.5. The van der Waals surface area contributed by atoms with E-state index in [9.17, 15) is 35.1 Å². The number of allylic oxidation sites excluding steroid dienone is 1. The standard InChI is InChI=1S/C30H43ClO10/c1-14(7-9-18-24(35)19(12-32)16(3)23(31)25(18)36)21(11-30(5)15(2)8-10-20(34)17(30)4)40-29-27(38)26(37)28(39-6)22(13-33)41-29/h7,12,15,17,21-22,26-29,33,35-38H,8-11,13H2,1-6H3/b14-7+/t15-,17+,21-,22-,26-,27+,28-,29-,30+/m1/s1. The average molecular weight is 599 g/mol. The van der Waals surface area contributed by atoms with Gasteiger partial charge in [0.05, 0.1) is 23.3 Å². The molecule has 10 nitrogen and oxygen atoms in total. The van der Waals surface area contributed by atoms with Gasteiger partial charge in [-0.1, -0.05) is 38.4 Å². The van der Waals surface area contributed by atoms with Crippen molar-refractivity contribution in [3.8, 4) is 11.5 Å². The van der Waals surface area contributed by atoms with Crippen molar-refractivity contribution < 1.29 is 49.3 Å². The van der Waals surface area contributed by atoms with Crippen LogP contribution < -0.4 is 0 Å². The zero-order chi connectivity index (χ0) is 30.8. The van der Waals surface area contributed by atoms with Crippen molar-refractivity contribution in [1.29, 1.82) is 0 Å². The maximum Gasteiger partial charge on any atom is 0.187 e.